The van der Waals surface area contributed by atoms with Gasteiger partial charge < -0.3 is 15.7 Å². The van der Waals surface area contributed by atoms with Crippen LogP contribution in [0.15, 0.2) is 0 Å². The summed E-state index contributed by atoms with van der Waals surface area (Å²) in [5, 5.41) is 12.5. The average Bonchev–Trinajstić information content (AvgIpc) is 2.09. The summed E-state index contributed by atoms with van der Waals surface area (Å²) in [4.78, 5) is 10.8. The van der Waals surface area contributed by atoms with Crippen molar-refractivity contribution < 1.29 is 23.1 Å². The number of carbonyl (C=O) groups excluding carboxylic acids is 1. The molecule has 0 aliphatic carbocycles. The van der Waals surface area contributed by atoms with E-state index in [-0.39, 0.29) is 6.61 Å². The molecule has 0 bridgehead atoms. The summed E-state index contributed by atoms with van der Waals surface area (Å²) in [6, 6.07) is -1.44. The number of urea groups is 1. The molecule has 3 N–H and O–H groups in total. The third kappa shape index (κ3) is 6.53. The normalized spacial score (nSPS) is 13.5. The van der Waals surface area contributed by atoms with Gasteiger partial charge in [-0.2, -0.15) is 13.2 Å². The first-order chi connectivity index (χ1) is 6.39. The van der Waals surface area contributed by atoms with E-state index in [4.69, 9.17) is 5.11 Å². The maximum absolute atomic E-state index is 11.6. The highest BCUT2D eigenvalue weighted by Crippen LogP contribution is 2.11. The van der Waals surface area contributed by atoms with Crippen LogP contribution in [0.5, 0.6) is 0 Å². The minimum Gasteiger partial charge on any atom is -0.394 e. The second-order valence-corrected chi connectivity index (χ2v) is 2.73. The first kappa shape index (κ1) is 13.0. The van der Waals surface area contributed by atoms with Gasteiger partial charge in [0.15, 0.2) is 0 Å². The Hall–Kier alpha value is -0.980. The molecule has 0 heterocycles. The molecule has 14 heavy (non-hydrogen) atoms. The van der Waals surface area contributed by atoms with Crippen LogP contribution in [0.3, 0.4) is 0 Å². The maximum atomic E-state index is 11.6. The molecule has 0 radical (unpaired) electrons. The summed E-state index contributed by atoms with van der Waals surface area (Å²) in [5.41, 5.74) is 0. The molecular formula is C7H13F3N2O2. The van der Waals surface area contributed by atoms with Crippen molar-refractivity contribution in [3.8, 4) is 0 Å². The number of aliphatic hydroxyl groups is 1. The van der Waals surface area contributed by atoms with Crippen molar-refractivity contribution >= 4 is 6.03 Å². The fourth-order valence-corrected chi connectivity index (χ4v) is 0.694. The molecule has 0 rings (SSSR count). The van der Waals surface area contributed by atoms with Gasteiger partial charge in [-0.1, -0.05) is 6.92 Å². The minimum atomic E-state index is -4.42. The highest BCUT2D eigenvalue weighted by molar-refractivity contribution is 5.74. The molecule has 4 nitrogen and oxygen atoms in total. The van der Waals surface area contributed by atoms with Gasteiger partial charge in [-0.15, -0.1) is 0 Å². The molecule has 84 valence electrons. The van der Waals surface area contributed by atoms with Crippen molar-refractivity contribution in [3.05, 3.63) is 0 Å². The van der Waals surface area contributed by atoms with Crippen LogP contribution in [0.2, 0.25) is 0 Å². The summed E-state index contributed by atoms with van der Waals surface area (Å²) in [5.74, 6) is 0. The zero-order valence-corrected chi connectivity index (χ0v) is 7.69. The smallest absolute Gasteiger partial charge is 0.394 e. The van der Waals surface area contributed by atoms with E-state index in [1.807, 2.05) is 0 Å². The summed E-state index contributed by atoms with van der Waals surface area (Å²) in [6.45, 7) is 0.0293. The summed E-state index contributed by atoms with van der Waals surface area (Å²) >= 11 is 0. The van der Waals surface area contributed by atoms with Gasteiger partial charge in [0.05, 0.1) is 12.6 Å². The van der Waals surface area contributed by atoms with Gasteiger partial charge in [0, 0.05) is 0 Å². The molecule has 1 unspecified atom stereocenters. The van der Waals surface area contributed by atoms with Crippen LogP contribution in [-0.4, -0.2) is 36.5 Å². The second kappa shape index (κ2) is 5.69. The molecule has 0 saturated heterocycles. The van der Waals surface area contributed by atoms with Crippen LogP contribution in [0.25, 0.3) is 0 Å². The Balaban J connectivity index is 3.75. The van der Waals surface area contributed by atoms with Gasteiger partial charge in [-0.3, -0.25) is 0 Å². The predicted octanol–water partition coefficient (Wildman–Crippen LogP) is 0.619. The number of rotatable bonds is 4. The number of amides is 2. The van der Waals surface area contributed by atoms with Crippen molar-refractivity contribution in [2.45, 2.75) is 25.6 Å². The number of aliphatic hydroxyl groups excluding tert-OH is 1. The number of carbonyl (C=O) groups is 1. The average molecular weight is 214 g/mol. The standard InChI is InChI=1S/C7H13F3N2O2/c1-2-5(3-13)12-6(14)11-4-7(8,9)10/h5,13H,2-4H2,1H3,(H2,11,12,14). The van der Waals surface area contributed by atoms with E-state index in [1.165, 1.54) is 0 Å². The maximum Gasteiger partial charge on any atom is 0.405 e. The molecule has 0 saturated carbocycles. The van der Waals surface area contributed by atoms with E-state index < -0.39 is 24.8 Å². The van der Waals surface area contributed by atoms with Crippen LogP contribution in [0.4, 0.5) is 18.0 Å². The zero-order valence-electron chi connectivity index (χ0n) is 7.69. The van der Waals surface area contributed by atoms with E-state index in [9.17, 15) is 18.0 Å². The number of hydrogen-bond acceptors (Lipinski definition) is 2. The number of hydrogen-bond donors (Lipinski definition) is 3. The lowest BCUT2D eigenvalue weighted by Gasteiger charge is -2.15. The van der Waals surface area contributed by atoms with Crippen LogP contribution < -0.4 is 10.6 Å². The third-order valence-electron chi connectivity index (χ3n) is 1.50. The molecule has 0 aromatic heterocycles. The fourth-order valence-electron chi connectivity index (χ4n) is 0.694. The van der Waals surface area contributed by atoms with E-state index in [1.54, 1.807) is 12.2 Å². The Labute approximate surface area is 79.5 Å². The lowest BCUT2D eigenvalue weighted by atomic mass is 10.2. The van der Waals surface area contributed by atoms with E-state index in [2.05, 4.69) is 5.32 Å². The third-order valence-corrected chi connectivity index (χ3v) is 1.50. The van der Waals surface area contributed by atoms with Gasteiger partial charge >= 0.3 is 12.2 Å². The van der Waals surface area contributed by atoms with Crippen molar-refractivity contribution in [1.29, 1.82) is 0 Å². The second-order valence-electron chi connectivity index (χ2n) is 2.73. The minimum absolute atomic E-state index is 0.296. The fraction of sp³-hybridized carbons (Fsp3) is 0.857. The molecular weight excluding hydrogens is 201 g/mol. The van der Waals surface area contributed by atoms with Gasteiger partial charge in [0.1, 0.15) is 6.54 Å². The quantitative estimate of drug-likeness (QED) is 0.642. The van der Waals surface area contributed by atoms with Crippen LogP contribution in [-0.2, 0) is 0 Å². The predicted molar refractivity (Wildman–Crippen MR) is 43.8 cm³/mol. The van der Waals surface area contributed by atoms with Gasteiger partial charge in [-0.25, -0.2) is 4.79 Å². The van der Waals surface area contributed by atoms with E-state index >= 15 is 0 Å². The molecule has 0 aliphatic rings. The Morgan fingerprint density at radius 3 is 2.43 bits per heavy atom. The summed E-state index contributed by atoms with van der Waals surface area (Å²) in [7, 11) is 0. The number of nitrogens with one attached hydrogen (secondary N) is 2. The number of alkyl halides is 3. The molecule has 2 amide bonds. The molecule has 0 aliphatic heterocycles. The van der Waals surface area contributed by atoms with Gasteiger partial charge in [0.25, 0.3) is 0 Å². The van der Waals surface area contributed by atoms with Crippen molar-refractivity contribution in [2.75, 3.05) is 13.2 Å². The molecule has 0 aromatic rings. The Bertz CT molecular complexity index is 180. The monoisotopic (exact) mass is 214 g/mol. The van der Waals surface area contributed by atoms with E-state index in [0.717, 1.165) is 0 Å². The molecule has 0 fully saturated rings. The lowest BCUT2D eigenvalue weighted by molar-refractivity contribution is -0.122. The van der Waals surface area contributed by atoms with Crippen molar-refractivity contribution in [2.24, 2.45) is 0 Å². The van der Waals surface area contributed by atoms with Gasteiger partial charge in [-0.05, 0) is 6.42 Å². The topological polar surface area (TPSA) is 61.4 Å². The van der Waals surface area contributed by atoms with Crippen LogP contribution in [0, 0.1) is 0 Å². The van der Waals surface area contributed by atoms with Crippen LogP contribution in [0.1, 0.15) is 13.3 Å². The summed E-state index contributed by atoms with van der Waals surface area (Å²) in [6.07, 6.45) is -3.96. The lowest BCUT2D eigenvalue weighted by Crippen LogP contribution is -2.46. The van der Waals surface area contributed by atoms with Crippen molar-refractivity contribution in [1.82, 2.24) is 10.6 Å². The molecule has 1 atom stereocenters. The SMILES string of the molecule is CCC(CO)NC(=O)NCC(F)(F)F. The summed E-state index contributed by atoms with van der Waals surface area (Å²) < 4.78 is 34.9. The highest BCUT2D eigenvalue weighted by atomic mass is 19.4. The Morgan fingerprint density at radius 2 is 2.07 bits per heavy atom. The Morgan fingerprint density at radius 1 is 1.50 bits per heavy atom. The molecule has 7 heteroatoms. The van der Waals surface area contributed by atoms with Crippen LogP contribution >= 0.6 is 0 Å². The Kier molecular flexibility index (Phi) is 5.29. The number of halogens is 3. The zero-order chi connectivity index (χ0) is 11.2. The molecule has 0 aromatic carbocycles. The first-order valence-electron chi connectivity index (χ1n) is 4.11. The van der Waals surface area contributed by atoms with Crippen molar-refractivity contribution in [3.63, 3.8) is 0 Å². The molecule has 0 spiro atoms. The van der Waals surface area contributed by atoms with Gasteiger partial charge in [0.2, 0.25) is 0 Å². The highest BCUT2D eigenvalue weighted by Gasteiger charge is 2.27. The first-order valence-corrected chi connectivity index (χ1v) is 4.11. The largest absolute Gasteiger partial charge is 0.405 e. The van der Waals surface area contributed by atoms with E-state index in [0.29, 0.717) is 6.42 Å².